The third-order valence-electron chi connectivity index (χ3n) is 6.88. The van der Waals surface area contributed by atoms with Gasteiger partial charge in [0.2, 0.25) is 23.1 Å². The van der Waals surface area contributed by atoms with Gasteiger partial charge >= 0.3 is 31.4 Å². The topological polar surface area (TPSA) is 194 Å². The Hall–Kier alpha value is -5.93. The number of benzene rings is 2. The molecule has 4 N–H and O–H groups in total. The highest BCUT2D eigenvalue weighted by Gasteiger charge is 2.36. The SMILES string of the molecule is CCOC(=O)c1c(O)nc2ccc(-c3ccccc3C(F)(F)F)nn12.CCOC(=O)c1c(O)nc2ccc(Cl)nn12.OB(O)c1ccccc1C(F)(F)F. The number of fused-ring (bicyclic) bond motifs is 2. The molecular weight excluding hydrogens is 757 g/mol. The molecule has 6 aromatic rings. The zero-order valence-corrected chi connectivity index (χ0v) is 28.4. The van der Waals surface area contributed by atoms with E-state index in [9.17, 15) is 46.1 Å². The summed E-state index contributed by atoms with van der Waals surface area (Å²) in [6.07, 6.45) is -9.12. The summed E-state index contributed by atoms with van der Waals surface area (Å²) < 4.78 is 87.9. The van der Waals surface area contributed by atoms with Crippen LogP contribution in [0.25, 0.3) is 22.6 Å². The molecule has 0 radical (unpaired) electrons. The van der Waals surface area contributed by atoms with Crippen LogP contribution in [0.2, 0.25) is 5.15 Å². The van der Waals surface area contributed by atoms with Gasteiger partial charge in [-0.1, -0.05) is 54.1 Å². The summed E-state index contributed by atoms with van der Waals surface area (Å²) in [4.78, 5) is 31.0. The van der Waals surface area contributed by atoms with Gasteiger partial charge in [0, 0.05) is 5.56 Å². The molecule has 6 rings (SSSR count). The Morgan fingerprint density at radius 3 is 1.65 bits per heavy atom. The molecule has 4 heterocycles. The molecule has 0 spiro atoms. The van der Waals surface area contributed by atoms with Crippen LogP contribution >= 0.6 is 11.6 Å². The Balaban J connectivity index is 0.000000193. The molecule has 0 amide bonds. The molecule has 0 aliphatic rings. The van der Waals surface area contributed by atoms with Gasteiger partial charge in [-0.3, -0.25) is 0 Å². The van der Waals surface area contributed by atoms with Gasteiger partial charge in [0.15, 0.2) is 11.3 Å². The second-order valence-corrected chi connectivity index (χ2v) is 10.8. The Labute approximate surface area is 305 Å². The van der Waals surface area contributed by atoms with Crippen LogP contribution in [-0.4, -0.2) is 81.7 Å². The van der Waals surface area contributed by atoms with Crippen molar-refractivity contribution in [2.45, 2.75) is 26.2 Å². The summed E-state index contributed by atoms with van der Waals surface area (Å²) >= 11 is 5.69. The van der Waals surface area contributed by atoms with E-state index in [0.717, 1.165) is 27.2 Å². The van der Waals surface area contributed by atoms with Crippen LogP contribution in [-0.2, 0) is 21.8 Å². The van der Waals surface area contributed by atoms with E-state index in [0.29, 0.717) is 5.65 Å². The zero-order valence-electron chi connectivity index (χ0n) is 27.7. The molecule has 284 valence electrons. The second-order valence-electron chi connectivity index (χ2n) is 10.4. The maximum Gasteiger partial charge on any atom is 0.489 e. The van der Waals surface area contributed by atoms with Crippen LogP contribution in [0.15, 0.2) is 72.8 Å². The molecule has 0 saturated heterocycles. The lowest BCUT2D eigenvalue weighted by Gasteiger charge is -2.12. The van der Waals surface area contributed by atoms with Crippen LogP contribution in [0.5, 0.6) is 11.8 Å². The fourth-order valence-corrected chi connectivity index (χ4v) is 4.79. The van der Waals surface area contributed by atoms with Crippen molar-refractivity contribution >= 4 is 47.4 Å². The van der Waals surface area contributed by atoms with Crippen molar-refractivity contribution in [1.29, 1.82) is 0 Å². The van der Waals surface area contributed by atoms with E-state index >= 15 is 0 Å². The zero-order chi connectivity index (χ0) is 40.0. The number of ether oxygens (including phenoxy) is 2. The van der Waals surface area contributed by atoms with Gasteiger partial charge < -0.3 is 29.7 Å². The van der Waals surface area contributed by atoms with Gasteiger partial charge in [-0.05, 0) is 49.6 Å². The van der Waals surface area contributed by atoms with Crippen molar-refractivity contribution in [3.8, 4) is 23.0 Å². The van der Waals surface area contributed by atoms with Crippen molar-refractivity contribution < 1.29 is 65.7 Å². The Bertz CT molecular complexity index is 2280. The maximum absolute atomic E-state index is 13.2. The summed E-state index contributed by atoms with van der Waals surface area (Å²) in [5.41, 5.74) is -2.63. The van der Waals surface area contributed by atoms with E-state index in [1.165, 1.54) is 54.6 Å². The van der Waals surface area contributed by atoms with Crippen LogP contribution in [0.1, 0.15) is 46.0 Å². The van der Waals surface area contributed by atoms with Crippen LogP contribution in [0, 0.1) is 0 Å². The van der Waals surface area contributed by atoms with Gasteiger partial charge in [-0.2, -0.15) is 46.5 Å². The summed E-state index contributed by atoms with van der Waals surface area (Å²) in [6.45, 7) is 3.50. The van der Waals surface area contributed by atoms with E-state index in [2.05, 4.69) is 20.2 Å². The fourth-order valence-electron chi connectivity index (χ4n) is 4.65. The molecule has 22 heteroatoms. The van der Waals surface area contributed by atoms with Crippen LogP contribution in [0.4, 0.5) is 26.3 Å². The molecule has 14 nitrogen and oxygen atoms in total. The number of hydrogen-bond acceptors (Lipinski definition) is 12. The molecule has 0 saturated carbocycles. The normalized spacial score (nSPS) is 11.3. The minimum Gasteiger partial charge on any atom is -0.491 e. The lowest BCUT2D eigenvalue weighted by Crippen LogP contribution is -2.35. The maximum atomic E-state index is 13.2. The quantitative estimate of drug-likeness (QED) is 0.101. The molecule has 0 unspecified atom stereocenters. The summed E-state index contributed by atoms with van der Waals surface area (Å²) in [6, 6.07) is 15.0. The molecule has 2 aromatic carbocycles. The summed E-state index contributed by atoms with van der Waals surface area (Å²) in [5.74, 6) is -2.59. The summed E-state index contributed by atoms with van der Waals surface area (Å²) in [7, 11) is -2.10. The highest BCUT2D eigenvalue weighted by Crippen LogP contribution is 2.36. The van der Waals surface area contributed by atoms with Gasteiger partial charge in [-0.15, -0.1) is 0 Å². The number of carbonyl (C=O) groups excluding carboxylic acids is 2. The number of aromatic nitrogens is 6. The first-order valence-electron chi connectivity index (χ1n) is 15.2. The second kappa shape index (κ2) is 16.8. The minimum atomic E-state index is -4.56. The fraction of sp³-hybridized carbons (Fsp3) is 0.188. The first-order valence-corrected chi connectivity index (χ1v) is 15.6. The van der Waals surface area contributed by atoms with Crippen molar-refractivity contribution in [2.75, 3.05) is 13.2 Å². The number of esters is 2. The van der Waals surface area contributed by atoms with Crippen molar-refractivity contribution in [3.05, 3.63) is 100 Å². The third-order valence-corrected chi connectivity index (χ3v) is 7.08. The number of imidazole rings is 2. The number of halogens is 7. The van der Waals surface area contributed by atoms with Crippen molar-refractivity contribution in [1.82, 2.24) is 29.2 Å². The van der Waals surface area contributed by atoms with Crippen LogP contribution in [0.3, 0.4) is 0 Å². The first kappa shape index (κ1) is 40.8. The number of alkyl halides is 6. The molecule has 0 fully saturated rings. The van der Waals surface area contributed by atoms with Gasteiger partial charge in [0.25, 0.3) is 0 Å². The number of rotatable bonds is 6. The predicted molar refractivity (Wildman–Crippen MR) is 178 cm³/mol. The summed E-state index contributed by atoms with van der Waals surface area (Å²) in [5, 5.41) is 44.7. The molecule has 0 bridgehead atoms. The average Bonchev–Trinajstić information content (AvgIpc) is 3.62. The molecule has 0 aliphatic carbocycles. The molecule has 0 aliphatic heterocycles. The molecular formula is C32H26BClF6N6O8. The monoisotopic (exact) mass is 782 g/mol. The van der Waals surface area contributed by atoms with E-state index in [1.54, 1.807) is 13.8 Å². The lowest BCUT2D eigenvalue weighted by atomic mass is 9.77. The third kappa shape index (κ3) is 9.35. The van der Waals surface area contributed by atoms with Crippen molar-refractivity contribution in [2.24, 2.45) is 0 Å². The van der Waals surface area contributed by atoms with E-state index in [-0.39, 0.29) is 46.7 Å². The van der Waals surface area contributed by atoms with Crippen LogP contribution < -0.4 is 5.46 Å². The number of aromatic hydroxyl groups is 2. The standard InChI is InChI=1S/C16H12F3N3O3.C9H8ClN3O3.C7H6BF3O2/c1-2-25-15(24)13-14(23)20-12-8-7-11(21-22(12)13)9-5-3-4-6-10(9)16(17,18)19;1-2-16-9(15)7-8(14)11-6-4-3-5(10)12-13(6)7;9-7(10,11)5-3-1-2-4-6(5)8(12)13/h3-8,23H,2H2,1H3;3-4,14H,2H2,1H3;1-4,12-13H. The largest absolute Gasteiger partial charge is 0.491 e. The predicted octanol–water partition coefficient (Wildman–Crippen LogP) is 4.95. The number of carbonyl (C=O) groups is 2. The Kier molecular flexibility index (Phi) is 12.7. The smallest absolute Gasteiger partial charge is 0.489 e. The minimum absolute atomic E-state index is 0.0247. The van der Waals surface area contributed by atoms with E-state index in [4.69, 9.17) is 31.1 Å². The average molecular weight is 783 g/mol. The first-order chi connectivity index (χ1) is 25.4. The highest BCUT2D eigenvalue weighted by atomic mass is 35.5. The van der Waals surface area contributed by atoms with Crippen molar-refractivity contribution in [3.63, 3.8) is 0 Å². The number of nitrogens with zero attached hydrogens (tertiary/aromatic N) is 6. The molecule has 54 heavy (non-hydrogen) atoms. The highest BCUT2D eigenvalue weighted by molar-refractivity contribution is 6.59. The Morgan fingerprint density at radius 2 is 1.17 bits per heavy atom. The van der Waals surface area contributed by atoms with Gasteiger partial charge in [-0.25, -0.2) is 18.6 Å². The number of hydrogen-bond donors (Lipinski definition) is 4. The molecule has 0 atom stereocenters. The van der Waals surface area contributed by atoms with Gasteiger partial charge in [0.05, 0.1) is 30.0 Å². The van der Waals surface area contributed by atoms with E-state index in [1.807, 2.05) is 0 Å². The van der Waals surface area contributed by atoms with Gasteiger partial charge in [0.1, 0.15) is 5.15 Å². The Morgan fingerprint density at radius 1 is 0.704 bits per heavy atom. The molecule has 4 aromatic heterocycles. The van der Waals surface area contributed by atoms with E-state index < -0.39 is 59.8 Å². The lowest BCUT2D eigenvalue weighted by molar-refractivity contribution is -0.137.